The Balaban J connectivity index is 2.10. The van der Waals surface area contributed by atoms with Crippen molar-refractivity contribution >= 4 is 16.9 Å². The fourth-order valence-corrected chi connectivity index (χ4v) is 2.64. The summed E-state index contributed by atoms with van der Waals surface area (Å²) in [6, 6.07) is 9.67. The molecule has 5 heteroatoms. The van der Waals surface area contributed by atoms with Crippen molar-refractivity contribution in [3.05, 3.63) is 58.6 Å². The number of hydrogen-bond donors (Lipinski definition) is 2. The van der Waals surface area contributed by atoms with Crippen LogP contribution in [0.1, 0.15) is 12.0 Å². The summed E-state index contributed by atoms with van der Waals surface area (Å²) in [4.78, 5) is 25.8. The van der Waals surface area contributed by atoms with Crippen molar-refractivity contribution in [1.82, 2.24) is 9.55 Å². The number of carboxylic acids is 1. The molecule has 0 aliphatic heterocycles. The monoisotopic (exact) mass is 296 g/mol. The van der Waals surface area contributed by atoms with Crippen molar-refractivity contribution in [2.75, 3.05) is 0 Å². The fraction of sp³-hybridized carbons (Fsp3) is 0.176. The standard InChI is InChI=1S/C17H16N2O3/c1-19-10-14(13-7-8-18-16(13)17(19)22)12-4-2-3-11(9-12)5-6-15(20)21/h2-4,7-10,18H,5-6H2,1H3,(H,20,21). The maximum atomic E-state index is 12.1. The van der Waals surface area contributed by atoms with Crippen LogP contribution in [0.3, 0.4) is 0 Å². The number of aromatic amines is 1. The molecule has 0 aliphatic carbocycles. The summed E-state index contributed by atoms with van der Waals surface area (Å²) in [6.07, 6.45) is 4.17. The normalized spacial score (nSPS) is 11.0. The zero-order valence-corrected chi connectivity index (χ0v) is 12.2. The largest absolute Gasteiger partial charge is 0.481 e. The number of rotatable bonds is 4. The lowest BCUT2D eigenvalue weighted by molar-refractivity contribution is -0.136. The average molecular weight is 296 g/mol. The minimum Gasteiger partial charge on any atom is -0.481 e. The van der Waals surface area contributed by atoms with Gasteiger partial charge < -0.3 is 14.7 Å². The van der Waals surface area contributed by atoms with Gasteiger partial charge in [0, 0.05) is 36.8 Å². The van der Waals surface area contributed by atoms with Crippen LogP contribution in [0, 0.1) is 0 Å². The number of pyridine rings is 1. The van der Waals surface area contributed by atoms with Crippen molar-refractivity contribution in [3.8, 4) is 11.1 Å². The van der Waals surface area contributed by atoms with Gasteiger partial charge >= 0.3 is 5.97 Å². The lowest BCUT2D eigenvalue weighted by Crippen LogP contribution is -2.16. The van der Waals surface area contributed by atoms with Crippen LogP contribution < -0.4 is 5.56 Å². The van der Waals surface area contributed by atoms with E-state index in [1.54, 1.807) is 17.8 Å². The van der Waals surface area contributed by atoms with E-state index < -0.39 is 5.97 Å². The van der Waals surface area contributed by atoms with Gasteiger partial charge in [0.15, 0.2) is 0 Å². The number of carbonyl (C=O) groups is 1. The summed E-state index contributed by atoms with van der Waals surface area (Å²) in [5, 5.41) is 9.67. The first kappa shape index (κ1) is 14.1. The van der Waals surface area contributed by atoms with Crippen LogP contribution in [-0.4, -0.2) is 20.6 Å². The lowest BCUT2D eigenvalue weighted by atomic mass is 10.00. The zero-order valence-electron chi connectivity index (χ0n) is 12.2. The molecule has 1 aromatic carbocycles. The van der Waals surface area contributed by atoms with Gasteiger partial charge in [-0.2, -0.15) is 0 Å². The molecule has 22 heavy (non-hydrogen) atoms. The highest BCUT2D eigenvalue weighted by atomic mass is 16.4. The third-order valence-electron chi connectivity index (χ3n) is 3.76. The number of aryl methyl sites for hydroxylation is 2. The molecule has 0 spiro atoms. The van der Waals surface area contributed by atoms with Gasteiger partial charge in [0.05, 0.1) is 0 Å². The molecule has 2 N–H and O–H groups in total. The van der Waals surface area contributed by atoms with Gasteiger partial charge in [0.25, 0.3) is 5.56 Å². The van der Waals surface area contributed by atoms with E-state index >= 15 is 0 Å². The fourth-order valence-electron chi connectivity index (χ4n) is 2.64. The zero-order chi connectivity index (χ0) is 15.7. The second kappa shape index (κ2) is 5.52. The van der Waals surface area contributed by atoms with Crippen LogP contribution in [0.25, 0.3) is 22.0 Å². The molecule has 3 rings (SSSR count). The summed E-state index contributed by atoms with van der Waals surface area (Å²) >= 11 is 0. The number of fused-ring (bicyclic) bond motifs is 1. The van der Waals surface area contributed by atoms with Crippen molar-refractivity contribution in [2.45, 2.75) is 12.8 Å². The molecule has 0 fully saturated rings. The van der Waals surface area contributed by atoms with E-state index in [1.807, 2.05) is 36.5 Å². The Bertz CT molecular complexity index is 906. The Morgan fingerprint density at radius 3 is 2.91 bits per heavy atom. The summed E-state index contributed by atoms with van der Waals surface area (Å²) in [6.45, 7) is 0. The third kappa shape index (κ3) is 2.53. The Labute approximate surface area is 126 Å². The molecular formula is C17H16N2O3. The first-order chi connectivity index (χ1) is 10.6. The molecule has 112 valence electrons. The molecule has 5 nitrogen and oxygen atoms in total. The molecule has 0 bridgehead atoms. The number of nitrogens with zero attached hydrogens (tertiary/aromatic N) is 1. The second-order valence-corrected chi connectivity index (χ2v) is 5.32. The van der Waals surface area contributed by atoms with Gasteiger partial charge in [-0.3, -0.25) is 9.59 Å². The SMILES string of the molecule is Cn1cc(-c2cccc(CCC(=O)O)c2)c2cc[nH]c2c1=O. The highest BCUT2D eigenvalue weighted by Crippen LogP contribution is 2.27. The Morgan fingerprint density at radius 1 is 1.32 bits per heavy atom. The van der Waals surface area contributed by atoms with Gasteiger partial charge in [0.2, 0.25) is 0 Å². The van der Waals surface area contributed by atoms with Gasteiger partial charge in [0.1, 0.15) is 5.52 Å². The minimum absolute atomic E-state index is 0.0641. The average Bonchev–Trinajstić information content (AvgIpc) is 2.99. The van der Waals surface area contributed by atoms with Crippen molar-refractivity contribution in [1.29, 1.82) is 0 Å². The number of carboxylic acid groups (broad SMARTS) is 1. The number of nitrogens with one attached hydrogen (secondary N) is 1. The highest BCUT2D eigenvalue weighted by Gasteiger charge is 2.10. The van der Waals surface area contributed by atoms with Crippen molar-refractivity contribution in [2.24, 2.45) is 7.05 Å². The van der Waals surface area contributed by atoms with Crippen molar-refractivity contribution in [3.63, 3.8) is 0 Å². The maximum Gasteiger partial charge on any atom is 0.303 e. The van der Waals surface area contributed by atoms with E-state index in [1.165, 1.54) is 0 Å². The predicted octanol–water partition coefficient (Wildman–Crippen LogP) is 2.55. The van der Waals surface area contributed by atoms with E-state index in [9.17, 15) is 9.59 Å². The number of aliphatic carboxylic acids is 1. The Kier molecular flexibility index (Phi) is 3.55. The number of hydrogen-bond acceptors (Lipinski definition) is 2. The molecule has 0 unspecified atom stereocenters. The first-order valence-electron chi connectivity index (χ1n) is 7.04. The highest BCUT2D eigenvalue weighted by molar-refractivity contribution is 5.94. The number of H-pyrrole nitrogens is 1. The van der Waals surface area contributed by atoms with E-state index in [0.717, 1.165) is 22.1 Å². The molecule has 0 saturated heterocycles. The van der Waals surface area contributed by atoms with Crippen LogP contribution in [0.2, 0.25) is 0 Å². The van der Waals surface area contributed by atoms with Gasteiger partial charge in [-0.05, 0) is 23.6 Å². The van der Waals surface area contributed by atoms with Gasteiger partial charge in [-0.1, -0.05) is 24.3 Å². The molecule has 2 heterocycles. The number of aromatic nitrogens is 2. The van der Waals surface area contributed by atoms with E-state index in [0.29, 0.717) is 11.9 Å². The molecule has 0 saturated carbocycles. The topological polar surface area (TPSA) is 75.1 Å². The summed E-state index contributed by atoms with van der Waals surface area (Å²) < 4.78 is 1.55. The van der Waals surface area contributed by atoms with E-state index in [2.05, 4.69) is 4.98 Å². The van der Waals surface area contributed by atoms with E-state index in [4.69, 9.17) is 5.11 Å². The van der Waals surface area contributed by atoms with Crippen LogP contribution in [0.15, 0.2) is 47.5 Å². The van der Waals surface area contributed by atoms with Gasteiger partial charge in [-0.15, -0.1) is 0 Å². The lowest BCUT2D eigenvalue weighted by Gasteiger charge is -2.08. The maximum absolute atomic E-state index is 12.1. The van der Waals surface area contributed by atoms with Crippen LogP contribution in [0.4, 0.5) is 0 Å². The molecule has 0 aliphatic rings. The summed E-state index contributed by atoms with van der Waals surface area (Å²) in [5.74, 6) is -0.805. The minimum atomic E-state index is -0.805. The molecule has 0 atom stereocenters. The predicted molar refractivity (Wildman–Crippen MR) is 84.9 cm³/mol. The van der Waals surface area contributed by atoms with Crippen LogP contribution in [0.5, 0.6) is 0 Å². The Hall–Kier alpha value is -2.82. The molecular weight excluding hydrogens is 280 g/mol. The molecule has 0 amide bonds. The van der Waals surface area contributed by atoms with E-state index in [-0.39, 0.29) is 12.0 Å². The third-order valence-corrected chi connectivity index (χ3v) is 3.76. The second-order valence-electron chi connectivity index (χ2n) is 5.32. The van der Waals surface area contributed by atoms with Gasteiger partial charge in [-0.25, -0.2) is 0 Å². The first-order valence-corrected chi connectivity index (χ1v) is 7.04. The smallest absolute Gasteiger partial charge is 0.303 e. The summed E-state index contributed by atoms with van der Waals surface area (Å²) in [5.41, 5.74) is 3.41. The summed E-state index contributed by atoms with van der Waals surface area (Å²) in [7, 11) is 1.72. The molecule has 0 radical (unpaired) electrons. The van der Waals surface area contributed by atoms with Crippen molar-refractivity contribution < 1.29 is 9.90 Å². The van der Waals surface area contributed by atoms with Crippen LogP contribution >= 0.6 is 0 Å². The Morgan fingerprint density at radius 2 is 2.14 bits per heavy atom. The number of benzene rings is 1. The molecule has 2 aromatic heterocycles. The van der Waals surface area contributed by atoms with Crippen LogP contribution in [-0.2, 0) is 18.3 Å². The quantitative estimate of drug-likeness (QED) is 0.777. The molecule has 3 aromatic rings.